The van der Waals surface area contributed by atoms with Crippen molar-refractivity contribution in [1.82, 2.24) is 4.98 Å². The van der Waals surface area contributed by atoms with Gasteiger partial charge in [0.05, 0.1) is 0 Å². The van der Waals surface area contributed by atoms with Gasteiger partial charge in [0.1, 0.15) is 0 Å². The molecule has 0 aliphatic carbocycles. The van der Waals surface area contributed by atoms with Gasteiger partial charge in [-0.15, -0.1) is 29.8 Å². The Bertz CT molecular complexity index is 1110. The van der Waals surface area contributed by atoms with E-state index in [1.165, 1.54) is 38.4 Å². The van der Waals surface area contributed by atoms with Crippen molar-refractivity contribution < 1.29 is 42.2 Å². The van der Waals surface area contributed by atoms with Gasteiger partial charge in [0.25, 0.3) is 0 Å². The molecule has 0 bridgehead atoms. The molecule has 0 aliphatic heterocycles. The summed E-state index contributed by atoms with van der Waals surface area (Å²) < 4.78 is 0. The van der Waals surface area contributed by atoms with Gasteiger partial charge in [-0.25, -0.2) is 0 Å². The van der Waals surface area contributed by atoms with Crippen molar-refractivity contribution in [1.29, 1.82) is 0 Å². The number of hydrogen-bond donors (Lipinski definition) is 0. The number of rotatable bonds is 2. The Balaban J connectivity index is 0.000000934. The summed E-state index contributed by atoms with van der Waals surface area (Å²) in [6.45, 7) is 0. The quantitative estimate of drug-likeness (QED) is 0.363. The number of hydrogen-bond acceptors (Lipinski definition) is 1. The molecular formula is C24H16Cl2CrN. The normalized spacial score (nSPS) is 10.0. The fraction of sp³-hybridized carbons (Fsp3) is 0. The van der Waals surface area contributed by atoms with Crippen LogP contribution in [0.3, 0.4) is 0 Å². The van der Waals surface area contributed by atoms with Gasteiger partial charge in [0.15, 0.2) is 0 Å². The van der Waals surface area contributed by atoms with Crippen LogP contribution in [0.2, 0.25) is 0 Å². The Morgan fingerprint density at radius 1 is 0.679 bits per heavy atom. The molecule has 0 unspecified atom stereocenters. The van der Waals surface area contributed by atoms with Crippen molar-refractivity contribution in [3.63, 3.8) is 0 Å². The monoisotopic (exact) mass is 440 g/mol. The second-order valence-corrected chi connectivity index (χ2v) is 6.30. The van der Waals surface area contributed by atoms with Crippen LogP contribution in [0.15, 0.2) is 97.2 Å². The number of nitrogens with zero attached hydrogens (tertiary/aromatic N) is 1. The van der Waals surface area contributed by atoms with Crippen LogP contribution in [0, 0.1) is 0 Å². The van der Waals surface area contributed by atoms with E-state index < -0.39 is 0 Å². The predicted molar refractivity (Wildman–Crippen MR) is 106 cm³/mol. The average Bonchev–Trinajstić information content (AvgIpc) is 3.17. The smallest absolute Gasteiger partial charge is 1.00 e. The zero-order chi connectivity index (χ0) is 16.6. The van der Waals surface area contributed by atoms with E-state index in [0.717, 1.165) is 5.52 Å². The number of benzene rings is 3. The zero-order valence-electron chi connectivity index (χ0n) is 14.8. The molecule has 5 aromatic rings. The second kappa shape index (κ2) is 9.33. The summed E-state index contributed by atoms with van der Waals surface area (Å²) in [5.74, 6) is 0. The third-order valence-corrected chi connectivity index (χ3v) is 4.80. The van der Waals surface area contributed by atoms with E-state index in [4.69, 9.17) is 0 Å². The number of halogens is 2. The van der Waals surface area contributed by atoms with Gasteiger partial charge in [-0.05, 0) is 22.2 Å². The summed E-state index contributed by atoms with van der Waals surface area (Å²) in [5, 5.41) is 3.74. The first-order chi connectivity index (χ1) is 12.4. The Labute approximate surface area is 187 Å². The first-order valence-corrected chi connectivity index (χ1v) is 8.49. The number of fused-ring (bicyclic) bond motifs is 2. The number of aromatic nitrogens is 1. The van der Waals surface area contributed by atoms with Crippen molar-refractivity contribution in [2.75, 3.05) is 0 Å². The van der Waals surface area contributed by atoms with Crippen LogP contribution >= 0.6 is 0 Å². The van der Waals surface area contributed by atoms with Crippen LogP contribution in [-0.4, -0.2) is 4.98 Å². The number of para-hydroxylation sites is 1. The summed E-state index contributed by atoms with van der Waals surface area (Å²) in [7, 11) is 0. The molecule has 1 heterocycles. The molecule has 1 nitrogen and oxygen atoms in total. The van der Waals surface area contributed by atoms with Crippen LogP contribution in [-0.2, 0) is 17.4 Å². The van der Waals surface area contributed by atoms with E-state index in [9.17, 15) is 0 Å². The molecule has 0 spiro atoms. The maximum atomic E-state index is 4.59. The van der Waals surface area contributed by atoms with Crippen LogP contribution < -0.4 is 24.8 Å². The topological polar surface area (TPSA) is 12.9 Å². The van der Waals surface area contributed by atoms with Crippen LogP contribution in [0.1, 0.15) is 0 Å². The first kappa shape index (κ1) is 22.1. The molecule has 137 valence electrons. The van der Waals surface area contributed by atoms with Gasteiger partial charge in [0, 0.05) is 11.7 Å². The van der Waals surface area contributed by atoms with Gasteiger partial charge in [-0.1, -0.05) is 77.4 Å². The van der Waals surface area contributed by atoms with E-state index in [-0.39, 0.29) is 42.2 Å². The molecular weight excluding hydrogens is 425 g/mol. The standard InChI is InChI=1S/C24H16N.2ClH.Cr/c1-2-10-21-17(6-1)7-3-11-22(21)19-13-14-20(16-19)23-12-4-8-18-9-5-15-25-24(18)23;;;/h1-16H;2*1H;/q-1;;;+3/p-2. The van der Waals surface area contributed by atoms with Gasteiger partial charge in [0.2, 0.25) is 0 Å². The average molecular weight is 441 g/mol. The van der Waals surface area contributed by atoms with Crippen molar-refractivity contribution >= 4 is 21.7 Å². The van der Waals surface area contributed by atoms with Gasteiger partial charge >= 0.3 is 17.4 Å². The molecule has 5 rings (SSSR count). The zero-order valence-corrected chi connectivity index (χ0v) is 17.6. The molecule has 0 fully saturated rings. The summed E-state index contributed by atoms with van der Waals surface area (Å²) in [6, 6.07) is 32.2. The summed E-state index contributed by atoms with van der Waals surface area (Å²) in [4.78, 5) is 4.59. The molecule has 28 heavy (non-hydrogen) atoms. The van der Waals surface area contributed by atoms with E-state index >= 15 is 0 Å². The van der Waals surface area contributed by atoms with Gasteiger partial charge in [-0.2, -0.15) is 0 Å². The first-order valence-electron chi connectivity index (χ1n) is 8.49. The summed E-state index contributed by atoms with van der Waals surface area (Å²) in [5.41, 5.74) is 5.98. The molecule has 0 N–H and O–H groups in total. The summed E-state index contributed by atoms with van der Waals surface area (Å²) in [6.07, 6.45) is 1.86. The Morgan fingerprint density at radius 2 is 1.39 bits per heavy atom. The molecule has 0 saturated carbocycles. The fourth-order valence-corrected chi connectivity index (χ4v) is 3.59. The van der Waals surface area contributed by atoms with Crippen molar-refractivity contribution in [3.05, 3.63) is 97.2 Å². The van der Waals surface area contributed by atoms with Crippen molar-refractivity contribution in [2.45, 2.75) is 0 Å². The molecule has 0 atom stereocenters. The maximum Gasteiger partial charge on any atom is 3.00 e. The molecule has 0 saturated heterocycles. The SMILES string of the molecule is [Cl-].[Cl-].[Cr+3].c1ccc2c(-c3cc[c-](-c4cccc5cccnc45)c3)cccc2c1. The number of pyridine rings is 1. The predicted octanol–water partition coefficient (Wildman–Crippen LogP) is 0.446. The van der Waals surface area contributed by atoms with Gasteiger partial charge in [-0.3, -0.25) is 4.98 Å². The maximum absolute atomic E-state index is 4.59. The largest absolute Gasteiger partial charge is 3.00 e. The molecule has 4 aromatic carbocycles. The van der Waals surface area contributed by atoms with E-state index in [1.54, 1.807) is 0 Å². The Morgan fingerprint density at radius 3 is 2.29 bits per heavy atom. The Kier molecular flexibility index (Phi) is 7.36. The van der Waals surface area contributed by atoms with Crippen LogP contribution in [0.4, 0.5) is 0 Å². The van der Waals surface area contributed by atoms with Crippen LogP contribution in [0.25, 0.3) is 43.9 Å². The summed E-state index contributed by atoms with van der Waals surface area (Å²) >= 11 is 0. The van der Waals surface area contributed by atoms with Crippen LogP contribution in [0.5, 0.6) is 0 Å². The van der Waals surface area contributed by atoms with E-state index in [0.29, 0.717) is 0 Å². The van der Waals surface area contributed by atoms with Crippen molar-refractivity contribution in [3.8, 4) is 22.3 Å². The Hall–Kier alpha value is -2.21. The molecule has 1 aromatic heterocycles. The minimum Gasteiger partial charge on any atom is -1.00 e. The molecule has 0 amide bonds. The minimum absolute atomic E-state index is 0. The second-order valence-electron chi connectivity index (χ2n) is 6.30. The molecule has 4 heteroatoms. The third-order valence-electron chi connectivity index (χ3n) is 4.80. The van der Waals surface area contributed by atoms with Crippen molar-refractivity contribution in [2.24, 2.45) is 0 Å². The molecule has 1 radical (unpaired) electrons. The molecule has 0 aliphatic rings. The van der Waals surface area contributed by atoms with E-state index in [1.807, 2.05) is 12.3 Å². The third kappa shape index (κ3) is 3.83. The fourth-order valence-electron chi connectivity index (χ4n) is 3.59. The minimum atomic E-state index is 0. The van der Waals surface area contributed by atoms with E-state index in [2.05, 4.69) is 89.9 Å². The van der Waals surface area contributed by atoms with Gasteiger partial charge < -0.3 is 24.8 Å².